The van der Waals surface area contributed by atoms with Crippen molar-refractivity contribution in [3.63, 3.8) is 0 Å². The third-order valence-electron chi connectivity index (χ3n) is 3.10. The van der Waals surface area contributed by atoms with Crippen molar-refractivity contribution in [1.29, 1.82) is 0 Å². The molecule has 19 heavy (non-hydrogen) atoms. The molecular weight excluding hydrogens is 248 g/mol. The summed E-state index contributed by atoms with van der Waals surface area (Å²) in [5, 5.41) is 28.6. The Labute approximate surface area is 108 Å². The van der Waals surface area contributed by atoms with E-state index in [2.05, 4.69) is 0 Å². The van der Waals surface area contributed by atoms with Gasteiger partial charge in [0.1, 0.15) is 5.56 Å². The number of fused-ring (bicyclic) bond motifs is 2. The number of ether oxygens (including phenoxy) is 1. The fraction of sp³-hybridized carbons (Fsp3) is 0.0714. The first-order chi connectivity index (χ1) is 9.08. The summed E-state index contributed by atoms with van der Waals surface area (Å²) in [5.74, 6) is -1.34. The van der Waals surface area contributed by atoms with E-state index in [9.17, 15) is 15.0 Å². The van der Waals surface area contributed by atoms with Crippen molar-refractivity contribution in [2.45, 2.75) is 6.42 Å². The van der Waals surface area contributed by atoms with Crippen LogP contribution in [0.3, 0.4) is 0 Å². The minimum absolute atomic E-state index is 0.0386. The molecule has 0 spiro atoms. The van der Waals surface area contributed by atoms with E-state index in [-0.39, 0.29) is 22.8 Å². The molecule has 96 valence electrons. The average molecular weight is 258 g/mol. The molecule has 0 saturated heterocycles. The van der Waals surface area contributed by atoms with Crippen LogP contribution >= 0.6 is 0 Å². The molecule has 0 aliphatic carbocycles. The van der Waals surface area contributed by atoms with E-state index >= 15 is 0 Å². The fourth-order valence-corrected chi connectivity index (χ4v) is 2.17. The van der Waals surface area contributed by atoms with Crippen LogP contribution in [0.1, 0.15) is 21.5 Å². The molecule has 0 fully saturated rings. The number of phenols is 2. The normalized spacial score (nSPS) is 12.2. The molecule has 2 aromatic carbocycles. The lowest BCUT2D eigenvalue weighted by Crippen LogP contribution is -2.06. The lowest BCUT2D eigenvalue weighted by atomic mass is 9.98. The van der Waals surface area contributed by atoms with Gasteiger partial charge in [-0.1, -0.05) is 18.2 Å². The van der Waals surface area contributed by atoms with Gasteiger partial charge in [-0.25, -0.2) is 4.79 Å². The molecule has 5 nitrogen and oxygen atoms in total. The Morgan fingerprint density at radius 3 is 2.53 bits per heavy atom. The molecule has 0 aromatic heterocycles. The lowest BCUT2D eigenvalue weighted by Gasteiger charge is -2.22. The fourth-order valence-electron chi connectivity index (χ4n) is 2.17. The molecule has 2 aromatic rings. The standard InChI is InChI=1S/C14H10O5/c15-10-3-1-2-7-6-8-4-5-9(14(17)18)11(16)13(8)19-12(7)10/h1-5,15-16H,6H2,(H,17,18). The van der Waals surface area contributed by atoms with Crippen molar-refractivity contribution in [3.8, 4) is 23.0 Å². The van der Waals surface area contributed by atoms with Crippen molar-refractivity contribution in [2.75, 3.05) is 0 Å². The smallest absolute Gasteiger partial charge is 0.339 e. The number of carboxylic acid groups (broad SMARTS) is 1. The van der Waals surface area contributed by atoms with Gasteiger partial charge in [-0.3, -0.25) is 0 Å². The van der Waals surface area contributed by atoms with E-state index in [0.29, 0.717) is 12.0 Å². The summed E-state index contributed by atoms with van der Waals surface area (Å²) in [6.07, 6.45) is 0.465. The number of hydrogen-bond acceptors (Lipinski definition) is 4. The maximum Gasteiger partial charge on any atom is 0.339 e. The second-order valence-corrected chi connectivity index (χ2v) is 4.30. The molecule has 5 heteroatoms. The van der Waals surface area contributed by atoms with E-state index in [4.69, 9.17) is 9.84 Å². The quantitative estimate of drug-likeness (QED) is 0.624. The number of carbonyl (C=O) groups is 1. The van der Waals surface area contributed by atoms with Gasteiger partial charge in [0.2, 0.25) is 0 Å². The van der Waals surface area contributed by atoms with Gasteiger partial charge in [0.25, 0.3) is 0 Å². The number of aromatic hydroxyl groups is 2. The second-order valence-electron chi connectivity index (χ2n) is 4.30. The van der Waals surface area contributed by atoms with E-state index in [1.807, 2.05) is 0 Å². The van der Waals surface area contributed by atoms with Gasteiger partial charge in [0.05, 0.1) is 0 Å². The Hall–Kier alpha value is -2.69. The highest BCUT2D eigenvalue weighted by Gasteiger charge is 2.25. The number of hydrogen-bond donors (Lipinski definition) is 3. The third-order valence-corrected chi connectivity index (χ3v) is 3.10. The van der Waals surface area contributed by atoms with Crippen LogP contribution in [0.4, 0.5) is 0 Å². The molecule has 0 bridgehead atoms. The summed E-state index contributed by atoms with van der Waals surface area (Å²) in [7, 11) is 0. The first kappa shape index (κ1) is 11.4. The maximum atomic E-state index is 11.0. The van der Waals surface area contributed by atoms with Gasteiger partial charge in [-0.2, -0.15) is 0 Å². The van der Waals surface area contributed by atoms with Gasteiger partial charge < -0.3 is 20.1 Å². The van der Waals surface area contributed by atoms with Crippen molar-refractivity contribution in [1.82, 2.24) is 0 Å². The van der Waals surface area contributed by atoms with Crippen molar-refractivity contribution in [2.24, 2.45) is 0 Å². The zero-order valence-corrected chi connectivity index (χ0v) is 9.75. The number of para-hydroxylation sites is 1. The minimum Gasteiger partial charge on any atom is -0.504 e. The molecule has 0 atom stereocenters. The lowest BCUT2D eigenvalue weighted by molar-refractivity contribution is 0.0693. The molecule has 0 unspecified atom stereocenters. The Bertz CT molecular complexity index is 690. The SMILES string of the molecule is O=C(O)c1ccc2c(c1O)Oc1c(O)cccc1C2. The molecule has 0 amide bonds. The summed E-state index contributed by atoms with van der Waals surface area (Å²) in [4.78, 5) is 11.0. The third kappa shape index (κ3) is 1.67. The van der Waals surface area contributed by atoms with Gasteiger partial charge in [0.15, 0.2) is 23.0 Å². The van der Waals surface area contributed by atoms with Gasteiger partial charge in [-0.05, 0) is 12.1 Å². The maximum absolute atomic E-state index is 11.0. The minimum atomic E-state index is -1.23. The number of carboxylic acids is 1. The van der Waals surface area contributed by atoms with Crippen LogP contribution in [0.25, 0.3) is 0 Å². The van der Waals surface area contributed by atoms with Gasteiger partial charge in [-0.15, -0.1) is 0 Å². The van der Waals surface area contributed by atoms with Gasteiger partial charge in [0, 0.05) is 17.5 Å². The zero-order valence-electron chi connectivity index (χ0n) is 9.75. The zero-order chi connectivity index (χ0) is 13.6. The summed E-state index contributed by atoms with van der Waals surface area (Å²) < 4.78 is 5.47. The molecule has 1 aliphatic rings. The Kier molecular flexibility index (Phi) is 2.35. The monoisotopic (exact) mass is 258 g/mol. The predicted molar refractivity (Wildman–Crippen MR) is 66.1 cm³/mol. The highest BCUT2D eigenvalue weighted by Crippen LogP contribution is 2.46. The highest BCUT2D eigenvalue weighted by molar-refractivity contribution is 5.92. The Balaban J connectivity index is 2.16. The summed E-state index contributed by atoms with van der Waals surface area (Å²) in [6.45, 7) is 0. The van der Waals surface area contributed by atoms with E-state index in [1.165, 1.54) is 12.1 Å². The van der Waals surface area contributed by atoms with Crippen LogP contribution in [0.2, 0.25) is 0 Å². The first-order valence-corrected chi connectivity index (χ1v) is 5.65. The van der Waals surface area contributed by atoms with Crippen LogP contribution in [0, 0.1) is 0 Å². The number of benzene rings is 2. The van der Waals surface area contributed by atoms with Gasteiger partial charge >= 0.3 is 5.97 Å². The number of aromatic carboxylic acids is 1. The van der Waals surface area contributed by atoms with E-state index in [1.54, 1.807) is 18.2 Å². The van der Waals surface area contributed by atoms with Crippen molar-refractivity contribution >= 4 is 5.97 Å². The Morgan fingerprint density at radius 2 is 1.79 bits per heavy atom. The molecule has 1 heterocycles. The van der Waals surface area contributed by atoms with E-state index in [0.717, 1.165) is 5.56 Å². The summed E-state index contributed by atoms with van der Waals surface area (Å²) in [5.41, 5.74) is 1.24. The number of phenolic OH excluding ortho intramolecular Hbond substituents is 1. The molecule has 3 N–H and O–H groups in total. The number of rotatable bonds is 1. The predicted octanol–water partition coefficient (Wildman–Crippen LogP) is 2.49. The molecule has 1 aliphatic heterocycles. The van der Waals surface area contributed by atoms with Crippen LogP contribution in [-0.4, -0.2) is 21.3 Å². The highest BCUT2D eigenvalue weighted by atomic mass is 16.5. The molecule has 0 radical (unpaired) electrons. The van der Waals surface area contributed by atoms with Crippen LogP contribution in [0.5, 0.6) is 23.0 Å². The molecule has 3 rings (SSSR count). The largest absolute Gasteiger partial charge is 0.504 e. The summed E-state index contributed by atoms with van der Waals surface area (Å²) in [6, 6.07) is 7.93. The summed E-state index contributed by atoms with van der Waals surface area (Å²) >= 11 is 0. The van der Waals surface area contributed by atoms with E-state index < -0.39 is 11.7 Å². The molecule has 0 saturated carbocycles. The van der Waals surface area contributed by atoms with Crippen LogP contribution in [-0.2, 0) is 6.42 Å². The Morgan fingerprint density at radius 1 is 1.05 bits per heavy atom. The molecular formula is C14H10O5. The first-order valence-electron chi connectivity index (χ1n) is 5.65. The van der Waals surface area contributed by atoms with Crippen molar-refractivity contribution < 1.29 is 24.9 Å². The topological polar surface area (TPSA) is 87.0 Å². The average Bonchev–Trinajstić information content (AvgIpc) is 2.38. The second kappa shape index (κ2) is 3.91. The van der Waals surface area contributed by atoms with Crippen molar-refractivity contribution in [3.05, 3.63) is 47.0 Å². The van der Waals surface area contributed by atoms with Crippen LogP contribution in [0.15, 0.2) is 30.3 Å². The van der Waals surface area contributed by atoms with Crippen LogP contribution < -0.4 is 4.74 Å².